The number of hydrogen-bond donors (Lipinski definition) is 0. The molecule has 0 aliphatic carbocycles. The molecule has 4 amide bonds. The summed E-state index contributed by atoms with van der Waals surface area (Å²) in [5.41, 5.74) is 1.84. The van der Waals surface area contributed by atoms with Crippen molar-refractivity contribution < 1.29 is 19.2 Å². The lowest BCUT2D eigenvalue weighted by Gasteiger charge is -2.21. The summed E-state index contributed by atoms with van der Waals surface area (Å²) in [7, 11) is 0. The van der Waals surface area contributed by atoms with Gasteiger partial charge in [-0.3, -0.25) is 29.0 Å². The third-order valence-electron chi connectivity index (χ3n) is 8.59. The Labute approximate surface area is 282 Å². The molecule has 43 heavy (non-hydrogen) atoms. The van der Waals surface area contributed by atoms with E-state index in [1.165, 1.54) is 43.8 Å². The van der Waals surface area contributed by atoms with Crippen LogP contribution < -0.4 is 0 Å². The Kier molecular flexibility index (Phi) is 10.5. The van der Waals surface area contributed by atoms with Gasteiger partial charge in [0.15, 0.2) is 0 Å². The van der Waals surface area contributed by atoms with Gasteiger partial charge in [-0.1, -0.05) is 66.2 Å². The van der Waals surface area contributed by atoms with Crippen LogP contribution >= 0.6 is 65.9 Å². The Morgan fingerprint density at radius 2 is 0.977 bits per heavy atom. The molecule has 2 aliphatic heterocycles. The smallest absolute Gasteiger partial charge is 0.263 e. The van der Waals surface area contributed by atoms with Gasteiger partial charge in [-0.25, -0.2) is 0 Å². The minimum Gasteiger partial charge on any atom is -0.274 e. The number of imide groups is 2. The summed E-state index contributed by atoms with van der Waals surface area (Å²) >= 11 is 11.4. The Hall–Kier alpha value is -1.66. The second-order valence-electron chi connectivity index (χ2n) is 11.3. The first-order valence-corrected chi connectivity index (χ1v) is 19.2. The molecule has 2 atom stereocenters. The molecule has 3 aromatic rings. The molecule has 11 heteroatoms. The van der Waals surface area contributed by atoms with E-state index in [1.54, 1.807) is 0 Å². The minimum absolute atomic E-state index is 0.227. The third-order valence-corrected chi connectivity index (χ3v) is 13.8. The standard InChI is InChI=1S/C32H36Br2N2O4S3/c1-5-9-11-17(7-3)15-35-29(37)21-23(31(35)39)27(33)42-25(21)19-13-14-20(41-19)26-22-24(28(34)43-26)32(40)36(30(22)38)16-18(8-4)12-10-6-2/h13-14,17-18H,5-12,15-16H2,1-4H3. The Bertz CT molecular complexity index is 1460. The minimum atomic E-state index is -0.230. The molecule has 5 heterocycles. The van der Waals surface area contributed by atoms with E-state index >= 15 is 0 Å². The number of carbonyl (C=O) groups is 4. The van der Waals surface area contributed by atoms with Crippen LogP contribution in [0.1, 0.15) is 120 Å². The number of unbranched alkanes of at least 4 members (excludes halogenated alkanes) is 2. The van der Waals surface area contributed by atoms with Crippen molar-refractivity contribution in [2.45, 2.75) is 79.1 Å². The molecule has 0 spiro atoms. The molecule has 6 nitrogen and oxygen atoms in total. The predicted octanol–water partition coefficient (Wildman–Crippen LogP) is 10.4. The summed E-state index contributed by atoms with van der Waals surface area (Å²) in [6.45, 7) is 9.40. The molecule has 230 valence electrons. The summed E-state index contributed by atoms with van der Waals surface area (Å²) in [6.07, 6.45) is 8.16. The van der Waals surface area contributed by atoms with Gasteiger partial charge in [0, 0.05) is 22.8 Å². The van der Waals surface area contributed by atoms with E-state index in [2.05, 4.69) is 59.6 Å². The summed E-state index contributed by atoms with van der Waals surface area (Å²) in [6, 6.07) is 3.90. The van der Waals surface area contributed by atoms with Crippen molar-refractivity contribution in [1.82, 2.24) is 9.80 Å². The molecule has 0 aromatic carbocycles. The zero-order valence-electron chi connectivity index (χ0n) is 24.9. The van der Waals surface area contributed by atoms with Gasteiger partial charge in [-0.15, -0.1) is 34.0 Å². The molecule has 3 aromatic heterocycles. The fraction of sp³-hybridized carbons (Fsp3) is 0.500. The van der Waals surface area contributed by atoms with Gasteiger partial charge in [0.05, 0.1) is 39.6 Å². The number of rotatable bonds is 14. The van der Waals surface area contributed by atoms with Crippen molar-refractivity contribution in [3.05, 3.63) is 42.0 Å². The molecule has 2 unspecified atom stereocenters. The molecule has 5 rings (SSSR count). The van der Waals surface area contributed by atoms with E-state index in [-0.39, 0.29) is 35.5 Å². The van der Waals surface area contributed by atoms with E-state index < -0.39 is 0 Å². The van der Waals surface area contributed by atoms with Gasteiger partial charge in [0.2, 0.25) is 0 Å². The van der Waals surface area contributed by atoms with Crippen molar-refractivity contribution in [1.29, 1.82) is 0 Å². The topological polar surface area (TPSA) is 74.8 Å². The first kappa shape index (κ1) is 32.7. The SMILES string of the molecule is CCCCC(CC)CN1C(=O)c2c(Br)sc(-c3ccc(-c4sc(Br)c5c4C(=O)N(CC(CC)CCCC)C5=O)s3)c2C1=O. The highest BCUT2D eigenvalue weighted by Gasteiger charge is 2.44. The fourth-order valence-electron chi connectivity index (χ4n) is 5.93. The molecule has 0 radical (unpaired) electrons. The van der Waals surface area contributed by atoms with Crippen LogP contribution in [0.4, 0.5) is 0 Å². The van der Waals surface area contributed by atoms with Crippen LogP contribution in [0.2, 0.25) is 0 Å². The highest BCUT2D eigenvalue weighted by atomic mass is 79.9. The van der Waals surface area contributed by atoms with Crippen molar-refractivity contribution in [3.8, 4) is 19.5 Å². The van der Waals surface area contributed by atoms with Crippen LogP contribution in [0.5, 0.6) is 0 Å². The van der Waals surface area contributed by atoms with E-state index in [1.807, 2.05) is 12.1 Å². The maximum atomic E-state index is 13.7. The number of halogens is 2. The van der Waals surface area contributed by atoms with Crippen LogP contribution in [0.25, 0.3) is 19.5 Å². The first-order valence-electron chi connectivity index (χ1n) is 15.1. The number of nitrogens with zero attached hydrogens (tertiary/aromatic N) is 2. The van der Waals surface area contributed by atoms with Crippen molar-refractivity contribution in [2.24, 2.45) is 11.8 Å². The molecule has 2 aliphatic rings. The predicted molar refractivity (Wildman–Crippen MR) is 184 cm³/mol. The van der Waals surface area contributed by atoms with Gasteiger partial charge in [0.1, 0.15) is 0 Å². The Balaban J connectivity index is 1.43. The van der Waals surface area contributed by atoms with Crippen molar-refractivity contribution >= 4 is 89.5 Å². The monoisotopic (exact) mass is 766 g/mol. The van der Waals surface area contributed by atoms with E-state index in [0.29, 0.717) is 42.9 Å². The van der Waals surface area contributed by atoms with Crippen molar-refractivity contribution in [2.75, 3.05) is 13.1 Å². The quantitative estimate of drug-likeness (QED) is 0.153. The van der Waals surface area contributed by atoms with Crippen LogP contribution in [0.15, 0.2) is 19.7 Å². The number of amides is 4. The third kappa shape index (κ3) is 6.01. The summed E-state index contributed by atoms with van der Waals surface area (Å²) < 4.78 is 1.33. The zero-order valence-corrected chi connectivity index (χ0v) is 30.5. The average Bonchev–Trinajstić information content (AvgIpc) is 3.78. The maximum Gasteiger partial charge on any atom is 0.263 e. The van der Waals surface area contributed by atoms with Gasteiger partial charge < -0.3 is 0 Å². The first-order chi connectivity index (χ1) is 20.7. The normalized spacial score (nSPS) is 16.0. The lowest BCUT2D eigenvalue weighted by molar-refractivity contribution is 0.0609. The number of fused-ring (bicyclic) bond motifs is 2. The maximum absolute atomic E-state index is 13.7. The average molecular weight is 769 g/mol. The lowest BCUT2D eigenvalue weighted by atomic mass is 9.99. The molecule has 0 bridgehead atoms. The Morgan fingerprint density at radius 1 is 0.605 bits per heavy atom. The van der Waals surface area contributed by atoms with Gasteiger partial charge >= 0.3 is 0 Å². The summed E-state index contributed by atoms with van der Waals surface area (Å²) in [5, 5.41) is 0. The zero-order chi connectivity index (χ0) is 31.0. The van der Waals surface area contributed by atoms with Gasteiger partial charge in [0.25, 0.3) is 23.6 Å². The second kappa shape index (κ2) is 13.8. The van der Waals surface area contributed by atoms with E-state index in [0.717, 1.165) is 70.9 Å². The van der Waals surface area contributed by atoms with Crippen LogP contribution in [-0.2, 0) is 0 Å². The highest BCUT2D eigenvalue weighted by molar-refractivity contribution is 9.11. The number of thiophene rings is 3. The molecule has 0 saturated carbocycles. The fourth-order valence-corrected chi connectivity index (χ4v) is 10.9. The largest absolute Gasteiger partial charge is 0.274 e. The second-order valence-corrected chi connectivity index (χ2v) is 17.1. The van der Waals surface area contributed by atoms with Crippen molar-refractivity contribution in [3.63, 3.8) is 0 Å². The van der Waals surface area contributed by atoms with Gasteiger partial charge in [-0.2, -0.15) is 0 Å². The van der Waals surface area contributed by atoms with Crippen LogP contribution in [0.3, 0.4) is 0 Å². The number of hydrogen-bond acceptors (Lipinski definition) is 7. The summed E-state index contributed by atoms with van der Waals surface area (Å²) in [4.78, 5) is 60.3. The molecule has 0 N–H and O–H groups in total. The van der Waals surface area contributed by atoms with Crippen LogP contribution in [0, 0.1) is 11.8 Å². The summed E-state index contributed by atoms with van der Waals surface area (Å²) in [5.74, 6) is -0.341. The number of carbonyl (C=O) groups excluding carboxylic acids is 4. The van der Waals surface area contributed by atoms with E-state index in [4.69, 9.17) is 0 Å². The highest BCUT2D eigenvalue weighted by Crippen LogP contribution is 2.51. The van der Waals surface area contributed by atoms with Gasteiger partial charge in [-0.05, 0) is 68.7 Å². The molecular formula is C32H36Br2N2O4S3. The Morgan fingerprint density at radius 3 is 1.33 bits per heavy atom. The molecular weight excluding hydrogens is 732 g/mol. The van der Waals surface area contributed by atoms with Crippen LogP contribution in [-0.4, -0.2) is 46.5 Å². The lowest BCUT2D eigenvalue weighted by Crippen LogP contribution is -2.34. The van der Waals surface area contributed by atoms with E-state index in [9.17, 15) is 19.2 Å². The molecule has 0 fully saturated rings. The molecule has 0 saturated heterocycles.